The van der Waals surface area contributed by atoms with Crippen molar-refractivity contribution in [3.05, 3.63) is 0 Å². The summed E-state index contributed by atoms with van der Waals surface area (Å²) < 4.78 is 0. The van der Waals surface area contributed by atoms with Crippen LogP contribution in [0.1, 0.15) is 38.5 Å². The quantitative estimate of drug-likeness (QED) is 0.762. The molecule has 0 atom stereocenters. The lowest BCUT2D eigenvalue weighted by atomic mass is 10.1. The molecule has 108 valence electrons. The van der Waals surface area contributed by atoms with Gasteiger partial charge in [0.15, 0.2) is 0 Å². The Morgan fingerprint density at radius 3 is 2.63 bits per heavy atom. The van der Waals surface area contributed by atoms with Gasteiger partial charge < -0.3 is 10.2 Å². The number of likely N-dealkylation sites (N-methyl/N-ethyl adjacent to an activating group) is 1. The molecule has 1 aliphatic carbocycles. The molecule has 0 radical (unpaired) electrons. The SMILES string of the molecule is CN(CC(=O)N1CCNC(=O)C1)C1CCCCCC1. The van der Waals surface area contributed by atoms with E-state index in [9.17, 15) is 9.59 Å². The van der Waals surface area contributed by atoms with Crippen LogP contribution >= 0.6 is 0 Å². The van der Waals surface area contributed by atoms with E-state index in [1.54, 1.807) is 4.90 Å². The molecule has 1 heterocycles. The van der Waals surface area contributed by atoms with Crippen LogP contribution in [-0.2, 0) is 9.59 Å². The van der Waals surface area contributed by atoms with Crippen molar-refractivity contribution in [2.45, 2.75) is 44.6 Å². The Labute approximate surface area is 115 Å². The van der Waals surface area contributed by atoms with Gasteiger partial charge in [-0.25, -0.2) is 0 Å². The molecule has 2 rings (SSSR count). The fourth-order valence-electron chi connectivity index (χ4n) is 2.99. The van der Waals surface area contributed by atoms with Crippen molar-refractivity contribution in [3.8, 4) is 0 Å². The fourth-order valence-corrected chi connectivity index (χ4v) is 2.99. The lowest BCUT2D eigenvalue weighted by molar-refractivity contribution is -0.139. The number of nitrogens with one attached hydrogen (secondary N) is 1. The molecule has 5 nitrogen and oxygen atoms in total. The van der Waals surface area contributed by atoms with E-state index in [-0.39, 0.29) is 18.4 Å². The average molecular weight is 267 g/mol. The van der Waals surface area contributed by atoms with Gasteiger partial charge in [0.05, 0.1) is 13.1 Å². The van der Waals surface area contributed by atoms with Crippen LogP contribution < -0.4 is 5.32 Å². The third-order valence-corrected chi connectivity index (χ3v) is 4.22. The Morgan fingerprint density at radius 2 is 2.00 bits per heavy atom. The van der Waals surface area contributed by atoms with Gasteiger partial charge in [-0.1, -0.05) is 25.7 Å². The summed E-state index contributed by atoms with van der Waals surface area (Å²) >= 11 is 0. The third kappa shape index (κ3) is 4.20. The number of rotatable bonds is 3. The van der Waals surface area contributed by atoms with Gasteiger partial charge >= 0.3 is 0 Å². The van der Waals surface area contributed by atoms with Crippen LogP contribution in [-0.4, -0.2) is 60.9 Å². The maximum Gasteiger partial charge on any atom is 0.239 e. The second-order valence-corrected chi connectivity index (χ2v) is 5.73. The molecular weight excluding hydrogens is 242 g/mol. The minimum atomic E-state index is -0.0447. The van der Waals surface area contributed by atoms with Crippen LogP contribution in [0.5, 0.6) is 0 Å². The summed E-state index contributed by atoms with van der Waals surface area (Å²) in [5.74, 6) is 0.0401. The Kier molecular flexibility index (Phi) is 5.19. The first-order valence-corrected chi connectivity index (χ1v) is 7.41. The molecule has 0 unspecified atom stereocenters. The van der Waals surface area contributed by atoms with E-state index in [4.69, 9.17) is 0 Å². The summed E-state index contributed by atoms with van der Waals surface area (Å²) in [5.41, 5.74) is 0. The zero-order valence-corrected chi connectivity index (χ0v) is 11.9. The Hall–Kier alpha value is -1.10. The van der Waals surface area contributed by atoms with E-state index in [2.05, 4.69) is 10.2 Å². The molecule has 1 saturated carbocycles. The molecule has 1 N–H and O–H groups in total. The summed E-state index contributed by atoms with van der Waals surface area (Å²) in [7, 11) is 2.04. The number of amides is 2. The molecule has 19 heavy (non-hydrogen) atoms. The molecule has 2 fully saturated rings. The van der Waals surface area contributed by atoms with Crippen LogP contribution in [0.3, 0.4) is 0 Å². The smallest absolute Gasteiger partial charge is 0.239 e. The van der Waals surface area contributed by atoms with E-state index < -0.39 is 0 Å². The number of hydrogen-bond acceptors (Lipinski definition) is 3. The highest BCUT2D eigenvalue weighted by atomic mass is 16.2. The average Bonchev–Trinajstić information content (AvgIpc) is 2.67. The van der Waals surface area contributed by atoms with Crippen molar-refractivity contribution in [1.29, 1.82) is 0 Å². The third-order valence-electron chi connectivity index (χ3n) is 4.22. The molecule has 0 bridgehead atoms. The molecule has 2 aliphatic rings. The van der Waals surface area contributed by atoms with Crippen molar-refractivity contribution >= 4 is 11.8 Å². The summed E-state index contributed by atoms with van der Waals surface area (Å²) in [6, 6.07) is 0.532. The molecule has 2 amide bonds. The molecule has 0 aromatic heterocycles. The Bertz CT molecular complexity index is 325. The monoisotopic (exact) mass is 267 g/mol. The van der Waals surface area contributed by atoms with Gasteiger partial charge in [0.25, 0.3) is 0 Å². The Balaban J connectivity index is 1.81. The summed E-state index contributed by atoms with van der Waals surface area (Å²) in [6.45, 7) is 1.89. The highest BCUT2D eigenvalue weighted by Gasteiger charge is 2.24. The minimum absolute atomic E-state index is 0.0447. The number of piperazine rings is 1. The standard InChI is InChI=1S/C14H25N3O2/c1-16(12-6-4-2-3-5-7-12)11-14(19)17-9-8-15-13(18)10-17/h12H,2-11H2,1H3,(H,15,18). The molecule has 1 aliphatic heterocycles. The summed E-state index contributed by atoms with van der Waals surface area (Å²) in [5, 5.41) is 2.75. The van der Waals surface area contributed by atoms with Gasteiger partial charge in [0, 0.05) is 19.1 Å². The topological polar surface area (TPSA) is 52.7 Å². The van der Waals surface area contributed by atoms with E-state index in [1.807, 2.05) is 7.05 Å². The van der Waals surface area contributed by atoms with Gasteiger partial charge in [-0.3, -0.25) is 14.5 Å². The van der Waals surface area contributed by atoms with Crippen molar-refractivity contribution in [2.24, 2.45) is 0 Å². The largest absolute Gasteiger partial charge is 0.353 e. The van der Waals surface area contributed by atoms with Gasteiger partial charge in [0.1, 0.15) is 0 Å². The zero-order chi connectivity index (χ0) is 13.7. The van der Waals surface area contributed by atoms with Crippen LogP contribution in [0.2, 0.25) is 0 Å². The lowest BCUT2D eigenvalue weighted by Crippen LogP contribution is -2.52. The predicted molar refractivity (Wildman–Crippen MR) is 73.7 cm³/mol. The molecule has 5 heteroatoms. The summed E-state index contributed by atoms with van der Waals surface area (Å²) in [4.78, 5) is 27.3. The van der Waals surface area contributed by atoms with Crippen molar-refractivity contribution in [3.63, 3.8) is 0 Å². The van der Waals surface area contributed by atoms with E-state index in [0.717, 1.165) is 0 Å². The zero-order valence-electron chi connectivity index (χ0n) is 11.9. The van der Waals surface area contributed by atoms with Crippen LogP contribution in [0, 0.1) is 0 Å². The molecule has 0 aromatic carbocycles. The second kappa shape index (κ2) is 6.89. The Morgan fingerprint density at radius 1 is 1.32 bits per heavy atom. The van der Waals surface area contributed by atoms with Crippen molar-refractivity contribution < 1.29 is 9.59 Å². The predicted octanol–water partition coefficient (Wildman–Crippen LogP) is 0.599. The molecule has 0 spiro atoms. The van der Waals surface area contributed by atoms with Gasteiger partial charge in [-0.15, -0.1) is 0 Å². The second-order valence-electron chi connectivity index (χ2n) is 5.73. The number of hydrogen-bond donors (Lipinski definition) is 1. The van der Waals surface area contributed by atoms with Gasteiger partial charge in [-0.05, 0) is 19.9 Å². The number of carbonyl (C=O) groups excluding carboxylic acids is 2. The summed E-state index contributed by atoms with van der Waals surface area (Å²) in [6.07, 6.45) is 7.59. The molecular formula is C14H25N3O2. The van der Waals surface area contributed by atoms with Crippen molar-refractivity contribution in [1.82, 2.24) is 15.1 Å². The van der Waals surface area contributed by atoms with Crippen LogP contribution in [0.15, 0.2) is 0 Å². The van der Waals surface area contributed by atoms with Crippen molar-refractivity contribution in [2.75, 3.05) is 33.2 Å². The maximum atomic E-state index is 12.2. The van der Waals surface area contributed by atoms with Gasteiger partial charge in [0.2, 0.25) is 11.8 Å². The minimum Gasteiger partial charge on any atom is -0.353 e. The first kappa shape index (κ1) is 14.3. The molecule has 1 saturated heterocycles. The number of carbonyl (C=O) groups is 2. The normalized spacial score (nSPS) is 22.2. The maximum absolute atomic E-state index is 12.2. The van der Waals surface area contributed by atoms with E-state index in [0.29, 0.717) is 25.7 Å². The van der Waals surface area contributed by atoms with Crippen LogP contribution in [0.4, 0.5) is 0 Å². The first-order valence-electron chi connectivity index (χ1n) is 7.41. The number of nitrogens with zero attached hydrogens (tertiary/aromatic N) is 2. The lowest BCUT2D eigenvalue weighted by Gasteiger charge is -2.31. The highest BCUT2D eigenvalue weighted by molar-refractivity contribution is 5.86. The highest BCUT2D eigenvalue weighted by Crippen LogP contribution is 2.20. The fraction of sp³-hybridized carbons (Fsp3) is 0.857. The van der Waals surface area contributed by atoms with Gasteiger partial charge in [-0.2, -0.15) is 0 Å². The van der Waals surface area contributed by atoms with Crippen LogP contribution in [0.25, 0.3) is 0 Å². The molecule has 0 aromatic rings. The van der Waals surface area contributed by atoms with E-state index in [1.165, 1.54) is 38.5 Å². The van der Waals surface area contributed by atoms with E-state index >= 15 is 0 Å². The first-order chi connectivity index (χ1) is 9.16.